The molecule has 3 aliphatic heterocycles. The molecule has 1 atom stereocenters. The van der Waals surface area contributed by atoms with E-state index >= 15 is 0 Å². The number of aromatic nitrogens is 4. The van der Waals surface area contributed by atoms with Gasteiger partial charge in [-0.25, -0.2) is 15.0 Å². The number of hydrogen-bond donors (Lipinski definition) is 2. The van der Waals surface area contributed by atoms with E-state index in [1.165, 1.54) is 0 Å². The van der Waals surface area contributed by atoms with Crippen molar-refractivity contribution < 1.29 is 14.2 Å². The lowest BCUT2D eigenvalue weighted by atomic mass is 10.1. The van der Waals surface area contributed by atoms with E-state index < -0.39 is 0 Å². The first-order valence-corrected chi connectivity index (χ1v) is 11.4. The van der Waals surface area contributed by atoms with Crippen LogP contribution in [0.1, 0.15) is 0 Å². The average Bonchev–Trinajstić information content (AvgIpc) is 3.37. The van der Waals surface area contributed by atoms with Crippen LogP contribution in [0.4, 0.5) is 22.9 Å². The minimum Gasteiger partial charge on any atom is -0.489 e. The van der Waals surface area contributed by atoms with E-state index in [1.807, 2.05) is 28.9 Å². The van der Waals surface area contributed by atoms with Gasteiger partial charge in [-0.2, -0.15) is 0 Å². The Morgan fingerprint density at radius 1 is 1.09 bits per heavy atom. The first kappa shape index (κ1) is 19.4. The number of nitrogens with one attached hydrogen (secondary N) is 2. The molecule has 10 heteroatoms. The third-order valence-corrected chi connectivity index (χ3v) is 6.37. The van der Waals surface area contributed by atoms with Gasteiger partial charge in [-0.15, -0.1) is 0 Å². The van der Waals surface area contributed by atoms with Crippen LogP contribution in [0.3, 0.4) is 0 Å². The zero-order chi connectivity index (χ0) is 22.5. The molecule has 0 radical (unpaired) electrons. The highest BCUT2D eigenvalue weighted by Gasteiger charge is 2.30. The predicted molar refractivity (Wildman–Crippen MR) is 127 cm³/mol. The maximum absolute atomic E-state index is 6.06. The van der Waals surface area contributed by atoms with E-state index in [2.05, 4.69) is 37.6 Å². The van der Waals surface area contributed by atoms with Gasteiger partial charge in [0.15, 0.2) is 11.5 Å². The minimum atomic E-state index is 0.271. The number of pyridine rings is 1. The number of benzene rings is 1. The predicted octanol–water partition coefficient (Wildman–Crippen LogP) is 2.94. The van der Waals surface area contributed by atoms with Crippen LogP contribution in [0.25, 0.3) is 16.9 Å². The first-order valence-electron chi connectivity index (χ1n) is 11.4. The van der Waals surface area contributed by atoms with Crippen LogP contribution in [-0.2, 0) is 4.74 Å². The molecule has 10 nitrogen and oxygen atoms in total. The number of hydrogen-bond acceptors (Lipinski definition) is 9. The van der Waals surface area contributed by atoms with Crippen LogP contribution < -0.4 is 25.0 Å². The topological polar surface area (TPSA) is 98.1 Å². The molecule has 0 amide bonds. The van der Waals surface area contributed by atoms with Crippen LogP contribution in [0.2, 0.25) is 0 Å². The number of imidazole rings is 1. The monoisotopic (exact) mass is 457 g/mol. The van der Waals surface area contributed by atoms with Crippen LogP contribution in [-0.4, -0.2) is 64.9 Å². The molecular formula is C24H23N7O3. The van der Waals surface area contributed by atoms with Gasteiger partial charge in [0.1, 0.15) is 19.0 Å². The quantitative estimate of drug-likeness (QED) is 0.481. The van der Waals surface area contributed by atoms with E-state index in [-0.39, 0.29) is 6.04 Å². The van der Waals surface area contributed by atoms with Gasteiger partial charge in [0.05, 0.1) is 36.3 Å². The summed E-state index contributed by atoms with van der Waals surface area (Å²) in [5.74, 6) is 2.14. The Morgan fingerprint density at radius 2 is 2.09 bits per heavy atom. The number of anilines is 4. The van der Waals surface area contributed by atoms with Crippen molar-refractivity contribution in [1.29, 1.82) is 0 Å². The lowest BCUT2D eigenvalue weighted by Gasteiger charge is -2.41. The van der Waals surface area contributed by atoms with Crippen molar-refractivity contribution in [3.8, 4) is 22.9 Å². The zero-order valence-electron chi connectivity index (χ0n) is 18.4. The lowest BCUT2D eigenvalue weighted by molar-refractivity contribution is 0.0705. The van der Waals surface area contributed by atoms with Crippen LogP contribution in [0, 0.1) is 0 Å². The largest absolute Gasteiger partial charge is 0.489 e. The SMILES string of the molecule is c1cn2cc(-c3cnc4c(c3)NCCO4)nc(Nc3ccc4c(c3)OCC3COCCN43)c2n1. The fraction of sp³-hybridized carbons (Fsp3) is 0.292. The van der Waals surface area contributed by atoms with Gasteiger partial charge >= 0.3 is 0 Å². The van der Waals surface area contributed by atoms with E-state index in [4.69, 9.17) is 19.2 Å². The Hall–Kier alpha value is -4.05. The second-order valence-corrected chi connectivity index (χ2v) is 8.53. The minimum absolute atomic E-state index is 0.271. The van der Waals surface area contributed by atoms with Crippen molar-refractivity contribution in [1.82, 2.24) is 19.4 Å². The summed E-state index contributed by atoms with van der Waals surface area (Å²) in [6.45, 7) is 4.31. The molecule has 3 aromatic heterocycles. The van der Waals surface area contributed by atoms with Crippen molar-refractivity contribution in [3.63, 3.8) is 0 Å². The molecule has 172 valence electrons. The summed E-state index contributed by atoms with van der Waals surface area (Å²) < 4.78 is 19.2. The molecule has 1 aromatic carbocycles. The smallest absolute Gasteiger partial charge is 0.237 e. The maximum atomic E-state index is 6.06. The zero-order valence-corrected chi connectivity index (χ0v) is 18.4. The molecular weight excluding hydrogens is 434 g/mol. The van der Waals surface area contributed by atoms with Gasteiger partial charge in [0.2, 0.25) is 5.88 Å². The van der Waals surface area contributed by atoms with Crippen LogP contribution >= 0.6 is 0 Å². The molecule has 0 bridgehead atoms. The Kier molecular flexibility index (Phi) is 4.44. The highest BCUT2D eigenvalue weighted by atomic mass is 16.5. The number of fused-ring (bicyclic) bond motifs is 5. The highest BCUT2D eigenvalue weighted by Crippen LogP contribution is 2.38. The molecule has 7 rings (SSSR count). The summed E-state index contributed by atoms with van der Waals surface area (Å²) in [6, 6.07) is 8.46. The number of nitrogens with zero attached hydrogens (tertiary/aromatic N) is 5. The molecule has 1 unspecified atom stereocenters. The fourth-order valence-electron chi connectivity index (χ4n) is 4.70. The van der Waals surface area contributed by atoms with Crippen molar-refractivity contribution in [2.24, 2.45) is 0 Å². The summed E-state index contributed by atoms with van der Waals surface area (Å²) in [6.07, 6.45) is 7.41. The molecule has 0 saturated carbocycles. The molecule has 4 aromatic rings. The van der Waals surface area contributed by atoms with Gasteiger partial charge in [-0.3, -0.25) is 0 Å². The van der Waals surface area contributed by atoms with Crippen molar-refractivity contribution >= 4 is 28.5 Å². The summed E-state index contributed by atoms with van der Waals surface area (Å²) in [5, 5.41) is 6.78. The van der Waals surface area contributed by atoms with E-state index in [0.29, 0.717) is 31.5 Å². The van der Waals surface area contributed by atoms with E-state index in [9.17, 15) is 0 Å². The van der Waals surface area contributed by atoms with Gasteiger partial charge in [0.25, 0.3) is 0 Å². The number of morpholine rings is 1. The Morgan fingerprint density at radius 3 is 3.09 bits per heavy atom. The number of rotatable bonds is 3. The molecule has 3 aliphatic rings. The third-order valence-electron chi connectivity index (χ3n) is 6.37. The molecule has 1 fully saturated rings. The molecule has 6 heterocycles. The Bertz CT molecular complexity index is 1390. The highest BCUT2D eigenvalue weighted by molar-refractivity contribution is 5.77. The summed E-state index contributed by atoms with van der Waals surface area (Å²) >= 11 is 0. The van der Waals surface area contributed by atoms with Crippen molar-refractivity contribution in [2.75, 3.05) is 55.1 Å². The Labute approximate surface area is 195 Å². The van der Waals surface area contributed by atoms with Crippen molar-refractivity contribution in [3.05, 3.63) is 49.1 Å². The standard InChI is InChI=1S/C24H23N7O3/c1-2-20-21(34-14-17-13-32-8-6-31(17)20)10-16(1)28-22-23-26-3-5-30(23)12-19(29-22)15-9-18-24(27-11-15)33-7-4-25-18/h1-3,5,9-12,17,25H,4,6-8,13-14H2,(H,28,29). The maximum Gasteiger partial charge on any atom is 0.237 e. The molecule has 0 spiro atoms. The van der Waals surface area contributed by atoms with Gasteiger partial charge in [0, 0.05) is 55.2 Å². The summed E-state index contributed by atoms with van der Waals surface area (Å²) in [7, 11) is 0. The third kappa shape index (κ3) is 3.26. The lowest BCUT2D eigenvalue weighted by Crippen LogP contribution is -2.51. The van der Waals surface area contributed by atoms with Gasteiger partial charge in [-0.05, 0) is 18.2 Å². The Balaban J connectivity index is 1.24. The second kappa shape index (κ2) is 7.77. The van der Waals surface area contributed by atoms with E-state index in [0.717, 1.165) is 59.4 Å². The molecule has 2 N–H and O–H groups in total. The fourth-order valence-corrected chi connectivity index (χ4v) is 4.70. The molecule has 0 aliphatic carbocycles. The van der Waals surface area contributed by atoms with Gasteiger partial charge in [-0.1, -0.05) is 0 Å². The molecule has 34 heavy (non-hydrogen) atoms. The molecule has 1 saturated heterocycles. The van der Waals surface area contributed by atoms with Gasteiger partial charge < -0.3 is 34.1 Å². The van der Waals surface area contributed by atoms with Crippen LogP contribution in [0.5, 0.6) is 11.6 Å². The summed E-state index contributed by atoms with van der Waals surface area (Å²) in [4.78, 5) is 16.2. The van der Waals surface area contributed by atoms with Crippen molar-refractivity contribution in [2.45, 2.75) is 6.04 Å². The summed E-state index contributed by atoms with van der Waals surface area (Å²) in [5.41, 5.74) is 5.27. The average molecular weight is 457 g/mol. The second-order valence-electron chi connectivity index (χ2n) is 8.53. The van der Waals surface area contributed by atoms with E-state index in [1.54, 1.807) is 12.4 Å². The van der Waals surface area contributed by atoms with Crippen LogP contribution in [0.15, 0.2) is 49.1 Å². The normalized spacial score (nSPS) is 18.7. The first-order chi connectivity index (χ1) is 16.8. The number of ether oxygens (including phenoxy) is 3.